The van der Waals surface area contributed by atoms with E-state index in [1.165, 1.54) is 25.7 Å². The van der Waals surface area contributed by atoms with Crippen LogP contribution in [0.15, 0.2) is 12.1 Å². The minimum atomic E-state index is 0.665. The van der Waals surface area contributed by atoms with Crippen molar-refractivity contribution in [2.45, 2.75) is 31.6 Å². The topological polar surface area (TPSA) is 37.8 Å². The smallest absolute Gasteiger partial charge is 0.148 e. The van der Waals surface area contributed by atoms with E-state index in [-0.39, 0.29) is 0 Å². The molecule has 1 aromatic rings. The predicted molar refractivity (Wildman–Crippen MR) is 52.8 cm³/mol. The van der Waals surface area contributed by atoms with E-state index in [0.29, 0.717) is 5.92 Å². The molecule has 0 saturated heterocycles. The largest absolute Gasteiger partial charge is 0.372 e. The third-order valence-corrected chi connectivity index (χ3v) is 2.71. The number of nitrogens with zero attached hydrogens (tertiary/aromatic N) is 2. The Labute approximate surface area is 78.6 Å². The minimum Gasteiger partial charge on any atom is -0.372 e. The highest BCUT2D eigenvalue weighted by Crippen LogP contribution is 2.32. The summed E-state index contributed by atoms with van der Waals surface area (Å²) in [6.07, 6.45) is 5.27. The van der Waals surface area contributed by atoms with Gasteiger partial charge in [-0.2, -0.15) is 5.10 Å². The Morgan fingerprint density at radius 2 is 2.00 bits per heavy atom. The van der Waals surface area contributed by atoms with Crippen molar-refractivity contribution in [2.24, 2.45) is 0 Å². The van der Waals surface area contributed by atoms with Gasteiger partial charge in [0.05, 0.1) is 5.69 Å². The van der Waals surface area contributed by atoms with Gasteiger partial charge in [-0.05, 0) is 25.0 Å². The second kappa shape index (κ2) is 3.73. The third-order valence-electron chi connectivity index (χ3n) is 2.71. The standard InChI is InChI=1S/C10H15N3/c1-11-10-7-6-9(12-13-10)8-4-2-3-5-8/h6-8H,2-5H2,1H3,(H,11,13). The number of anilines is 1. The van der Waals surface area contributed by atoms with E-state index >= 15 is 0 Å². The maximum atomic E-state index is 4.22. The fraction of sp³-hybridized carbons (Fsp3) is 0.600. The van der Waals surface area contributed by atoms with Gasteiger partial charge in [0, 0.05) is 13.0 Å². The molecule has 1 aliphatic carbocycles. The van der Waals surface area contributed by atoms with Crippen molar-refractivity contribution in [2.75, 3.05) is 12.4 Å². The summed E-state index contributed by atoms with van der Waals surface area (Å²) in [7, 11) is 1.86. The molecule has 1 N–H and O–H groups in total. The van der Waals surface area contributed by atoms with Crippen LogP contribution in [0.5, 0.6) is 0 Å². The molecular formula is C10H15N3. The van der Waals surface area contributed by atoms with Crippen molar-refractivity contribution in [1.82, 2.24) is 10.2 Å². The van der Waals surface area contributed by atoms with Gasteiger partial charge in [-0.3, -0.25) is 0 Å². The Hall–Kier alpha value is -1.12. The Kier molecular flexibility index (Phi) is 2.43. The summed E-state index contributed by atoms with van der Waals surface area (Å²) in [5.74, 6) is 1.51. The van der Waals surface area contributed by atoms with Gasteiger partial charge in [0.2, 0.25) is 0 Å². The molecule has 3 heteroatoms. The molecule has 0 bridgehead atoms. The Morgan fingerprint density at radius 3 is 2.54 bits per heavy atom. The maximum absolute atomic E-state index is 4.22. The zero-order valence-electron chi connectivity index (χ0n) is 7.95. The molecule has 0 unspecified atom stereocenters. The van der Waals surface area contributed by atoms with Crippen LogP contribution in [-0.2, 0) is 0 Å². The molecule has 0 atom stereocenters. The van der Waals surface area contributed by atoms with E-state index in [9.17, 15) is 0 Å². The van der Waals surface area contributed by atoms with E-state index in [1.54, 1.807) is 0 Å². The highest BCUT2D eigenvalue weighted by molar-refractivity contribution is 5.32. The molecule has 0 aliphatic heterocycles. The van der Waals surface area contributed by atoms with Crippen LogP contribution in [0.1, 0.15) is 37.3 Å². The van der Waals surface area contributed by atoms with Crippen molar-refractivity contribution in [3.8, 4) is 0 Å². The van der Waals surface area contributed by atoms with E-state index in [0.717, 1.165) is 11.5 Å². The first-order valence-electron chi connectivity index (χ1n) is 4.91. The number of rotatable bonds is 2. The first kappa shape index (κ1) is 8.48. The zero-order valence-corrected chi connectivity index (χ0v) is 7.95. The lowest BCUT2D eigenvalue weighted by atomic mass is 10.0. The number of hydrogen-bond acceptors (Lipinski definition) is 3. The van der Waals surface area contributed by atoms with Gasteiger partial charge in [0.15, 0.2) is 0 Å². The van der Waals surface area contributed by atoms with Crippen molar-refractivity contribution < 1.29 is 0 Å². The highest BCUT2D eigenvalue weighted by Gasteiger charge is 2.18. The lowest BCUT2D eigenvalue weighted by molar-refractivity contribution is 0.681. The Morgan fingerprint density at radius 1 is 1.23 bits per heavy atom. The first-order valence-corrected chi connectivity index (χ1v) is 4.91. The summed E-state index contributed by atoms with van der Waals surface area (Å²) in [6.45, 7) is 0. The van der Waals surface area contributed by atoms with Crippen LogP contribution in [0.3, 0.4) is 0 Å². The fourth-order valence-corrected chi connectivity index (χ4v) is 1.92. The zero-order chi connectivity index (χ0) is 9.10. The van der Waals surface area contributed by atoms with Gasteiger partial charge in [-0.25, -0.2) is 0 Å². The van der Waals surface area contributed by atoms with E-state index in [2.05, 4.69) is 21.6 Å². The molecule has 0 aromatic carbocycles. The highest BCUT2D eigenvalue weighted by atomic mass is 15.2. The molecule has 1 aromatic heterocycles. The van der Waals surface area contributed by atoms with Crippen molar-refractivity contribution in [1.29, 1.82) is 0 Å². The number of hydrogen-bond donors (Lipinski definition) is 1. The predicted octanol–water partition coefficient (Wildman–Crippen LogP) is 2.18. The quantitative estimate of drug-likeness (QED) is 0.752. The number of nitrogens with one attached hydrogen (secondary N) is 1. The van der Waals surface area contributed by atoms with Crippen LogP contribution in [0.4, 0.5) is 5.82 Å². The summed E-state index contributed by atoms with van der Waals surface area (Å²) in [4.78, 5) is 0. The van der Waals surface area contributed by atoms with Crippen molar-refractivity contribution in [3.63, 3.8) is 0 Å². The van der Waals surface area contributed by atoms with E-state index < -0.39 is 0 Å². The van der Waals surface area contributed by atoms with Gasteiger partial charge in [-0.1, -0.05) is 12.8 Å². The van der Waals surface area contributed by atoms with Gasteiger partial charge in [0.1, 0.15) is 5.82 Å². The SMILES string of the molecule is CNc1ccc(C2CCCC2)nn1. The summed E-state index contributed by atoms with van der Waals surface area (Å²) in [5.41, 5.74) is 1.16. The molecule has 2 rings (SSSR count). The summed E-state index contributed by atoms with van der Waals surface area (Å²) < 4.78 is 0. The van der Waals surface area contributed by atoms with Crippen molar-refractivity contribution in [3.05, 3.63) is 17.8 Å². The summed E-state index contributed by atoms with van der Waals surface area (Å²) >= 11 is 0. The van der Waals surface area contributed by atoms with Crippen LogP contribution in [0.2, 0.25) is 0 Å². The molecule has 13 heavy (non-hydrogen) atoms. The van der Waals surface area contributed by atoms with Gasteiger partial charge in [0.25, 0.3) is 0 Å². The van der Waals surface area contributed by atoms with Crippen LogP contribution >= 0.6 is 0 Å². The molecule has 70 valence electrons. The van der Waals surface area contributed by atoms with Gasteiger partial charge in [-0.15, -0.1) is 5.10 Å². The molecule has 1 fully saturated rings. The summed E-state index contributed by atoms with van der Waals surface area (Å²) in [6, 6.07) is 4.09. The summed E-state index contributed by atoms with van der Waals surface area (Å²) in [5, 5.41) is 11.3. The first-order chi connectivity index (χ1) is 6.40. The second-order valence-corrected chi connectivity index (χ2v) is 3.57. The molecular weight excluding hydrogens is 162 g/mol. The van der Waals surface area contributed by atoms with Gasteiger partial charge >= 0.3 is 0 Å². The molecule has 0 amide bonds. The van der Waals surface area contributed by atoms with Crippen molar-refractivity contribution >= 4 is 5.82 Å². The maximum Gasteiger partial charge on any atom is 0.148 e. The molecule has 0 spiro atoms. The average Bonchev–Trinajstić information content (AvgIpc) is 2.71. The second-order valence-electron chi connectivity index (χ2n) is 3.57. The normalized spacial score (nSPS) is 17.6. The van der Waals surface area contributed by atoms with Crippen LogP contribution in [0.25, 0.3) is 0 Å². The van der Waals surface area contributed by atoms with E-state index in [4.69, 9.17) is 0 Å². The molecule has 1 heterocycles. The lowest BCUT2D eigenvalue weighted by Gasteiger charge is -2.07. The van der Waals surface area contributed by atoms with Crippen LogP contribution < -0.4 is 5.32 Å². The molecule has 0 radical (unpaired) electrons. The Bertz CT molecular complexity index is 262. The average molecular weight is 177 g/mol. The lowest BCUT2D eigenvalue weighted by Crippen LogP contribution is -2.00. The number of aromatic nitrogens is 2. The monoisotopic (exact) mass is 177 g/mol. The van der Waals surface area contributed by atoms with Gasteiger partial charge < -0.3 is 5.32 Å². The van der Waals surface area contributed by atoms with E-state index in [1.807, 2.05) is 13.1 Å². The molecule has 3 nitrogen and oxygen atoms in total. The fourth-order valence-electron chi connectivity index (χ4n) is 1.92. The van der Waals surface area contributed by atoms with Crippen LogP contribution in [-0.4, -0.2) is 17.2 Å². The molecule has 1 aliphatic rings. The Balaban J connectivity index is 2.12. The van der Waals surface area contributed by atoms with Crippen LogP contribution in [0, 0.1) is 0 Å². The minimum absolute atomic E-state index is 0.665. The third kappa shape index (κ3) is 1.79. The molecule has 1 saturated carbocycles.